The van der Waals surface area contributed by atoms with Crippen LogP contribution in [0.5, 0.6) is 5.75 Å². The molecule has 2 aromatic heterocycles. The fourth-order valence-corrected chi connectivity index (χ4v) is 4.58. The second-order valence-corrected chi connectivity index (χ2v) is 8.04. The van der Waals surface area contributed by atoms with Crippen molar-refractivity contribution in [2.75, 3.05) is 32.8 Å². The van der Waals surface area contributed by atoms with Gasteiger partial charge < -0.3 is 9.64 Å². The second-order valence-electron chi connectivity index (χ2n) is 6.99. The fraction of sp³-hybridized carbons (Fsp3) is 0.304. The zero-order chi connectivity index (χ0) is 20.1. The highest BCUT2D eigenvalue weighted by atomic mass is 32.1. The number of rotatable bonds is 6. The van der Waals surface area contributed by atoms with Crippen LogP contribution < -0.4 is 4.74 Å². The molecular formula is C23H25N3O2S. The normalized spacial score (nSPS) is 14.7. The number of hydrogen-bond acceptors (Lipinski definition) is 5. The lowest BCUT2D eigenvalue weighted by molar-refractivity contribution is 0.0628. The Bertz CT molecular complexity index is 935. The highest BCUT2D eigenvalue weighted by molar-refractivity contribution is 7.17. The summed E-state index contributed by atoms with van der Waals surface area (Å²) >= 11 is 1.52. The molecule has 0 saturated carbocycles. The number of carbonyl (C=O) groups is 1. The molecule has 0 atom stereocenters. The molecule has 0 unspecified atom stereocenters. The number of carbonyl (C=O) groups excluding carboxylic acids is 1. The Morgan fingerprint density at radius 3 is 2.52 bits per heavy atom. The minimum atomic E-state index is 0.0677. The number of pyridine rings is 1. The van der Waals surface area contributed by atoms with Crippen LogP contribution in [0.3, 0.4) is 0 Å². The zero-order valence-corrected chi connectivity index (χ0v) is 17.4. The first-order chi connectivity index (χ1) is 14.2. The third-order valence-electron chi connectivity index (χ3n) is 5.02. The van der Waals surface area contributed by atoms with E-state index in [2.05, 4.69) is 22.0 Å². The highest BCUT2D eigenvalue weighted by Gasteiger charge is 2.26. The summed E-state index contributed by atoms with van der Waals surface area (Å²) in [4.78, 5) is 23.7. The molecular weight excluding hydrogens is 382 g/mol. The average Bonchev–Trinajstić information content (AvgIpc) is 3.19. The van der Waals surface area contributed by atoms with Crippen molar-refractivity contribution in [2.45, 2.75) is 13.5 Å². The maximum Gasteiger partial charge on any atom is 0.267 e. The number of amides is 1. The predicted octanol–water partition coefficient (Wildman–Crippen LogP) is 4.17. The fourth-order valence-electron chi connectivity index (χ4n) is 3.50. The number of benzene rings is 1. The monoisotopic (exact) mass is 407 g/mol. The van der Waals surface area contributed by atoms with Gasteiger partial charge >= 0.3 is 0 Å². The number of hydrogen-bond donors (Lipinski definition) is 0. The first-order valence-electron chi connectivity index (χ1n) is 9.98. The molecule has 0 aliphatic carbocycles. The Balaban J connectivity index is 1.45. The Morgan fingerprint density at radius 1 is 1.07 bits per heavy atom. The summed E-state index contributed by atoms with van der Waals surface area (Å²) < 4.78 is 5.80. The zero-order valence-electron chi connectivity index (χ0n) is 16.6. The number of ether oxygens (including phenoxy) is 1. The van der Waals surface area contributed by atoms with Gasteiger partial charge in [0.25, 0.3) is 5.91 Å². The lowest BCUT2D eigenvalue weighted by Gasteiger charge is -2.34. The molecule has 0 radical (unpaired) electrons. The van der Waals surface area contributed by atoms with E-state index in [0.717, 1.165) is 48.9 Å². The lowest BCUT2D eigenvalue weighted by Crippen LogP contribution is -2.48. The summed E-state index contributed by atoms with van der Waals surface area (Å²) in [6.45, 7) is 6.45. The Morgan fingerprint density at radius 2 is 1.83 bits per heavy atom. The van der Waals surface area contributed by atoms with E-state index >= 15 is 0 Å². The van der Waals surface area contributed by atoms with E-state index in [9.17, 15) is 4.79 Å². The molecule has 0 N–H and O–H groups in total. The van der Waals surface area contributed by atoms with Crippen LogP contribution >= 0.6 is 11.3 Å². The first kappa shape index (κ1) is 19.6. The minimum absolute atomic E-state index is 0.0677. The third kappa shape index (κ3) is 4.66. The molecule has 6 heteroatoms. The molecule has 1 amide bonds. The maximum atomic E-state index is 13.2. The molecule has 3 aromatic rings. The highest BCUT2D eigenvalue weighted by Crippen LogP contribution is 2.37. The largest absolute Gasteiger partial charge is 0.492 e. The van der Waals surface area contributed by atoms with Crippen molar-refractivity contribution >= 4 is 17.2 Å². The molecule has 0 spiro atoms. The maximum absolute atomic E-state index is 13.2. The van der Waals surface area contributed by atoms with E-state index in [1.54, 1.807) is 0 Å². The summed E-state index contributed by atoms with van der Waals surface area (Å²) in [5, 5.41) is 0. The van der Waals surface area contributed by atoms with Crippen LogP contribution in [0.25, 0.3) is 10.4 Å². The summed E-state index contributed by atoms with van der Waals surface area (Å²) in [6, 6.07) is 18.1. The standard InChI is InChI=1S/C23H25N3O2S/c1-2-28-20-16-21(18-8-4-3-5-9-18)29-22(20)23(27)26-14-12-25(13-15-26)17-19-10-6-7-11-24-19/h3-11,16H,2,12-15,17H2,1H3. The first-order valence-corrected chi connectivity index (χ1v) is 10.8. The Labute approximate surface area is 175 Å². The van der Waals surface area contributed by atoms with Crippen LogP contribution in [0.4, 0.5) is 0 Å². The molecule has 1 saturated heterocycles. The van der Waals surface area contributed by atoms with Crippen molar-refractivity contribution in [3.8, 4) is 16.2 Å². The lowest BCUT2D eigenvalue weighted by atomic mass is 10.2. The van der Waals surface area contributed by atoms with E-state index in [1.165, 1.54) is 11.3 Å². The van der Waals surface area contributed by atoms with Crippen LogP contribution in [0.15, 0.2) is 60.8 Å². The summed E-state index contributed by atoms with van der Waals surface area (Å²) in [7, 11) is 0. The molecule has 1 fully saturated rings. The van der Waals surface area contributed by atoms with Gasteiger partial charge in [-0.3, -0.25) is 14.7 Å². The van der Waals surface area contributed by atoms with E-state index in [4.69, 9.17) is 4.74 Å². The number of piperazine rings is 1. The SMILES string of the molecule is CCOc1cc(-c2ccccc2)sc1C(=O)N1CCN(Cc2ccccn2)CC1. The van der Waals surface area contributed by atoms with Gasteiger partial charge in [0.15, 0.2) is 0 Å². The topological polar surface area (TPSA) is 45.7 Å². The van der Waals surface area contributed by atoms with Crippen molar-refractivity contribution in [1.82, 2.24) is 14.8 Å². The summed E-state index contributed by atoms with van der Waals surface area (Å²) in [6.07, 6.45) is 1.82. The Hall–Kier alpha value is -2.70. The molecule has 1 aromatic carbocycles. The van der Waals surface area contributed by atoms with E-state index in [0.29, 0.717) is 17.2 Å². The summed E-state index contributed by atoms with van der Waals surface area (Å²) in [5.41, 5.74) is 2.18. The van der Waals surface area contributed by atoms with Crippen LogP contribution in [-0.2, 0) is 6.54 Å². The van der Waals surface area contributed by atoms with Gasteiger partial charge in [-0.2, -0.15) is 0 Å². The van der Waals surface area contributed by atoms with Gasteiger partial charge in [-0.25, -0.2) is 0 Å². The number of aromatic nitrogens is 1. The van der Waals surface area contributed by atoms with Gasteiger partial charge in [0.05, 0.1) is 12.3 Å². The minimum Gasteiger partial charge on any atom is -0.492 e. The van der Waals surface area contributed by atoms with Crippen LogP contribution in [0.1, 0.15) is 22.3 Å². The quantitative estimate of drug-likeness (QED) is 0.615. The molecule has 29 heavy (non-hydrogen) atoms. The van der Waals surface area contributed by atoms with Gasteiger partial charge in [0.1, 0.15) is 10.6 Å². The molecule has 1 aliphatic rings. The Kier molecular flexibility index (Phi) is 6.22. The molecule has 5 nitrogen and oxygen atoms in total. The van der Waals surface area contributed by atoms with E-state index in [1.807, 2.05) is 60.5 Å². The van der Waals surface area contributed by atoms with Crippen molar-refractivity contribution in [1.29, 1.82) is 0 Å². The van der Waals surface area contributed by atoms with Gasteiger partial charge in [-0.05, 0) is 30.7 Å². The predicted molar refractivity (Wildman–Crippen MR) is 116 cm³/mol. The van der Waals surface area contributed by atoms with Gasteiger partial charge in [0.2, 0.25) is 0 Å². The third-order valence-corrected chi connectivity index (χ3v) is 6.18. The van der Waals surface area contributed by atoms with Gasteiger partial charge in [-0.15, -0.1) is 11.3 Å². The molecule has 150 valence electrons. The van der Waals surface area contributed by atoms with Gasteiger partial charge in [-0.1, -0.05) is 36.4 Å². The van der Waals surface area contributed by atoms with Crippen molar-refractivity contribution < 1.29 is 9.53 Å². The second kappa shape index (κ2) is 9.20. The molecule has 0 bridgehead atoms. The van der Waals surface area contributed by atoms with Crippen LogP contribution in [-0.4, -0.2) is 53.5 Å². The van der Waals surface area contributed by atoms with Crippen molar-refractivity contribution in [2.24, 2.45) is 0 Å². The van der Waals surface area contributed by atoms with Crippen LogP contribution in [0, 0.1) is 0 Å². The van der Waals surface area contributed by atoms with Crippen molar-refractivity contribution in [3.63, 3.8) is 0 Å². The van der Waals surface area contributed by atoms with Gasteiger partial charge in [0, 0.05) is 43.8 Å². The average molecular weight is 408 g/mol. The number of thiophene rings is 1. The summed E-state index contributed by atoms with van der Waals surface area (Å²) in [5.74, 6) is 0.760. The van der Waals surface area contributed by atoms with E-state index in [-0.39, 0.29) is 5.91 Å². The van der Waals surface area contributed by atoms with Crippen molar-refractivity contribution in [3.05, 3.63) is 71.4 Å². The van der Waals surface area contributed by atoms with Crippen LogP contribution in [0.2, 0.25) is 0 Å². The molecule has 3 heterocycles. The molecule has 4 rings (SSSR count). The smallest absolute Gasteiger partial charge is 0.267 e. The molecule has 1 aliphatic heterocycles. The number of nitrogens with zero attached hydrogens (tertiary/aromatic N) is 3. The van der Waals surface area contributed by atoms with E-state index < -0.39 is 0 Å².